The van der Waals surface area contributed by atoms with E-state index in [1.165, 1.54) is 12.1 Å². The smallest absolute Gasteiger partial charge is 0.269 e. The van der Waals surface area contributed by atoms with Crippen molar-refractivity contribution in [3.8, 4) is 16.9 Å². The zero-order valence-corrected chi connectivity index (χ0v) is 15.2. The zero-order chi connectivity index (χ0) is 18.8. The van der Waals surface area contributed by atoms with Gasteiger partial charge >= 0.3 is 0 Å². The number of non-ortho nitro benzene ring substituents is 1. The van der Waals surface area contributed by atoms with Crippen LogP contribution in [0.5, 0.6) is 5.75 Å². The molecule has 8 heteroatoms. The van der Waals surface area contributed by atoms with E-state index in [0.29, 0.717) is 16.9 Å². The molecule has 0 fully saturated rings. The van der Waals surface area contributed by atoms with E-state index < -0.39 is 15.0 Å². The molecule has 2 aromatic rings. The third-order valence-electron chi connectivity index (χ3n) is 3.88. The van der Waals surface area contributed by atoms with Crippen LogP contribution in [0.25, 0.3) is 11.1 Å². The van der Waals surface area contributed by atoms with Gasteiger partial charge in [0.05, 0.1) is 24.9 Å². The summed E-state index contributed by atoms with van der Waals surface area (Å²) in [5.74, 6) is 0.684. The summed E-state index contributed by atoms with van der Waals surface area (Å²) in [5, 5.41) is 11.0. The lowest BCUT2D eigenvalue weighted by molar-refractivity contribution is -0.384. The highest BCUT2D eigenvalue weighted by molar-refractivity contribution is 7.85. The van der Waals surface area contributed by atoms with E-state index in [0.717, 1.165) is 22.9 Å². The SMILES string of the molecule is COc1cc(-c2ccc([N+](=O)[O-])cc2COS(C)(=O)=O)cc(C)c1C. The Hall–Kier alpha value is -2.45. The number of hydrogen-bond acceptors (Lipinski definition) is 6. The van der Waals surface area contributed by atoms with E-state index in [9.17, 15) is 18.5 Å². The molecule has 0 aliphatic heterocycles. The molecule has 7 nitrogen and oxygen atoms in total. The molecule has 2 aromatic carbocycles. The summed E-state index contributed by atoms with van der Waals surface area (Å²) in [6, 6.07) is 8.02. The highest BCUT2D eigenvalue weighted by Crippen LogP contribution is 2.33. The number of benzene rings is 2. The molecule has 0 atom stereocenters. The first-order valence-electron chi connectivity index (χ1n) is 7.39. The van der Waals surface area contributed by atoms with Gasteiger partial charge in [-0.25, -0.2) is 0 Å². The van der Waals surface area contributed by atoms with Gasteiger partial charge in [-0.05, 0) is 53.8 Å². The standard InChI is InChI=1S/C17H19NO6S/c1-11-7-13(9-17(23-3)12(11)2)16-6-5-15(18(19)20)8-14(16)10-24-25(4,21)22/h5-9H,10H2,1-4H3. The van der Waals surface area contributed by atoms with E-state index in [1.807, 2.05) is 26.0 Å². The van der Waals surface area contributed by atoms with Crippen LogP contribution >= 0.6 is 0 Å². The molecular formula is C17H19NO6S. The summed E-state index contributed by atoms with van der Waals surface area (Å²) in [7, 11) is -2.11. The van der Waals surface area contributed by atoms with Crippen molar-refractivity contribution >= 4 is 15.8 Å². The van der Waals surface area contributed by atoms with Crippen molar-refractivity contribution in [3.05, 3.63) is 57.1 Å². The van der Waals surface area contributed by atoms with Crippen LogP contribution in [0.2, 0.25) is 0 Å². The van der Waals surface area contributed by atoms with Crippen molar-refractivity contribution in [2.24, 2.45) is 0 Å². The number of nitro benzene ring substituents is 1. The predicted octanol–water partition coefficient (Wildman–Crippen LogP) is 3.36. The van der Waals surface area contributed by atoms with Crippen LogP contribution < -0.4 is 4.74 Å². The van der Waals surface area contributed by atoms with Gasteiger partial charge in [0, 0.05) is 12.1 Å². The van der Waals surface area contributed by atoms with E-state index in [2.05, 4.69) is 0 Å². The van der Waals surface area contributed by atoms with Crippen molar-refractivity contribution in [3.63, 3.8) is 0 Å². The summed E-state index contributed by atoms with van der Waals surface area (Å²) in [6.07, 6.45) is 0.934. The summed E-state index contributed by atoms with van der Waals surface area (Å²) in [4.78, 5) is 10.5. The van der Waals surface area contributed by atoms with Gasteiger partial charge in [0.25, 0.3) is 15.8 Å². The van der Waals surface area contributed by atoms with Crippen LogP contribution in [0.1, 0.15) is 16.7 Å². The lowest BCUT2D eigenvalue weighted by Gasteiger charge is -2.14. The fourth-order valence-corrected chi connectivity index (χ4v) is 2.80. The second kappa shape index (κ2) is 7.20. The lowest BCUT2D eigenvalue weighted by Crippen LogP contribution is -2.04. The van der Waals surface area contributed by atoms with Gasteiger partial charge in [0.1, 0.15) is 5.75 Å². The summed E-state index contributed by atoms with van der Waals surface area (Å²) >= 11 is 0. The molecule has 25 heavy (non-hydrogen) atoms. The van der Waals surface area contributed by atoms with Gasteiger partial charge in [0.2, 0.25) is 0 Å². The average Bonchev–Trinajstić information content (AvgIpc) is 2.54. The minimum Gasteiger partial charge on any atom is -0.496 e. The molecule has 0 aliphatic carbocycles. The van der Waals surface area contributed by atoms with E-state index in [4.69, 9.17) is 8.92 Å². The Labute approximate surface area is 146 Å². The molecule has 0 N–H and O–H groups in total. The van der Waals surface area contributed by atoms with Crippen LogP contribution in [0, 0.1) is 24.0 Å². The number of aryl methyl sites for hydroxylation is 1. The number of methoxy groups -OCH3 is 1. The molecule has 0 amide bonds. The average molecular weight is 365 g/mol. The Morgan fingerprint density at radius 2 is 1.84 bits per heavy atom. The maximum absolute atomic E-state index is 11.3. The molecule has 0 unspecified atom stereocenters. The quantitative estimate of drug-likeness (QED) is 0.442. The molecule has 0 bridgehead atoms. The van der Waals surface area contributed by atoms with Gasteiger partial charge < -0.3 is 4.74 Å². The Bertz CT molecular complexity index is 921. The molecule has 0 spiro atoms. The molecule has 0 aliphatic rings. The maximum Gasteiger partial charge on any atom is 0.269 e. The third kappa shape index (κ3) is 4.55. The van der Waals surface area contributed by atoms with Crippen LogP contribution in [0.3, 0.4) is 0 Å². The van der Waals surface area contributed by atoms with Crippen LogP contribution in [0.4, 0.5) is 5.69 Å². The third-order valence-corrected chi connectivity index (χ3v) is 4.42. The minimum atomic E-state index is -3.68. The maximum atomic E-state index is 11.3. The van der Waals surface area contributed by atoms with Crippen molar-refractivity contribution in [1.29, 1.82) is 0 Å². The highest BCUT2D eigenvalue weighted by atomic mass is 32.2. The monoisotopic (exact) mass is 365 g/mol. The normalized spacial score (nSPS) is 11.4. The Balaban J connectivity index is 2.60. The summed E-state index contributed by atoms with van der Waals surface area (Å²) in [5.41, 5.74) is 3.67. The topological polar surface area (TPSA) is 95.7 Å². The second-order valence-corrected chi connectivity index (χ2v) is 7.33. The molecule has 0 radical (unpaired) electrons. The van der Waals surface area contributed by atoms with Gasteiger partial charge in [-0.1, -0.05) is 6.07 Å². The van der Waals surface area contributed by atoms with Crippen molar-refractivity contribution in [1.82, 2.24) is 0 Å². The second-order valence-electron chi connectivity index (χ2n) is 5.69. The summed E-state index contributed by atoms with van der Waals surface area (Å²) < 4.78 is 32.8. The van der Waals surface area contributed by atoms with E-state index >= 15 is 0 Å². The summed E-state index contributed by atoms with van der Waals surface area (Å²) in [6.45, 7) is 3.58. The van der Waals surface area contributed by atoms with Crippen molar-refractivity contribution < 1.29 is 22.3 Å². The fourth-order valence-electron chi connectivity index (χ4n) is 2.46. The van der Waals surface area contributed by atoms with Crippen LogP contribution in [0.15, 0.2) is 30.3 Å². The number of hydrogen-bond donors (Lipinski definition) is 0. The van der Waals surface area contributed by atoms with Crippen molar-refractivity contribution in [2.45, 2.75) is 20.5 Å². The molecule has 0 aromatic heterocycles. The van der Waals surface area contributed by atoms with Crippen LogP contribution in [-0.4, -0.2) is 26.7 Å². The predicted molar refractivity (Wildman–Crippen MR) is 94.2 cm³/mol. The minimum absolute atomic E-state index is 0.133. The Morgan fingerprint density at radius 1 is 1.16 bits per heavy atom. The molecule has 0 saturated heterocycles. The largest absolute Gasteiger partial charge is 0.496 e. The molecule has 2 rings (SSSR count). The first-order valence-corrected chi connectivity index (χ1v) is 9.21. The number of nitrogens with zero attached hydrogens (tertiary/aromatic N) is 1. The van der Waals surface area contributed by atoms with E-state index in [-0.39, 0.29) is 12.3 Å². The van der Waals surface area contributed by atoms with Gasteiger partial charge in [0.15, 0.2) is 0 Å². The van der Waals surface area contributed by atoms with Crippen LogP contribution in [-0.2, 0) is 20.9 Å². The first kappa shape index (κ1) is 18.9. The fraction of sp³-hybridized carbons (Fsp3) is 0.294. The first-order chi connectivity index (χ1) is 11.6. The Morgan fingerprint density at radius 3 is 2.40 bits per heavy atom. The highest BCUT2D eigenvalue weighted by Gasteiger charge is 2.16. The number of nitro groups is 1. The van der Waals surface area contributed by atoms with Gasteiger partial charge in [-0.15, -0.1) is 0 Å². The van der Waals surface area contributed by atoms with Gasteiger partial charge in [-0.3, -0.25) is 14.3 Å². The molecule has 134 valence electrons. The van der Waals surface area contributed by atoms with E-state index in [1.54, 1.807) is 13.2 Å². The molecule has 0 saturated carbocycles. The molecular weight excluding hydrogens is 346 g/mol. The number of ether oxygens (including phenoxy) is 1. The van der Waals surface area contributed by atoms with Gasteiger partial charge in [-0.2, -0.15) is 8.42 Å². The zero-order valence-electron chi connectivity index (χ0n) is 14.4. The lowest BCUT2D eigenvalue weighted by atomic mass is 9.95. The number of rotatable bonds is 6. The Kier molecular flexibility index (Phi) is 5.44. The molecule has 0 heterocycles. The van der Waals surface area contributed by atoms with Crippen molar-refractivity contribution in [2.75, 3.05) is 13.4 Å².